The van der Waals surface area contributed by atoms with Gasteiger partial charge in [-0.2, -0.15) is 0 Å². The number of carbonyl (C=O) groups is 1. The van der Waals surface area contributed by atoms with Gasteiger partial charge in [0.25, 0.3) is 5.91 Å². The number of nitrogens with one attached hydrogen (secondary N) is 1. The van der Waals surface area contributed by atoms with Crippen molar-refractivity contribution in [1.29, 1.82) is 0 Å². The highest BCUT2D eigenvalue weighted by atomic mass is 79.9. The molecule has 0 spiro atoms. The number of imidazole rings is 1. The van der Waals surface area contributed by atoms with Gasteiger partial charge < -0.3 is 9.72 Å². The van der Waals surface area contributed by atoms with E-state index in [1.807, 2.05) is 53.2 Å². The van der Waals surface area contributed by atoms with Crippen LogP contribution in [0, 0.1) is 0 Å². The molecular weight excluding hydrogens is 386 g/mol. The molecule has 3 aromatic rings. The first-order chi connectivity index (χ1) is 11.5. The largest absolute Gasteiger partial charge is 0.346 e. The first kappa shape index (κ1) is 17.0. The van der Waals surface area contributed by atoms with E-state index < -0.39 is 0 Å². The predicted octanol–water partition coefficient (Wildman–Crippen LogP) is 4.53. The van der Waals surface area contributed by atoms with Gasteiger partial charge in [-0.3, -0.25) is 4.79 Å². The lowest BCUT2D eigenvalue weighted by Crippen LogP contribution is -2.23. The minimum Gasteiger partial charge on any atom is -0.346 e. The van der Waals surface area contributed by atoms with Gasteiger partial charge in [-0.05, 0) is 40.2 Å². The lowest BCUT2D eigenvalue weighted by Gasteiger charge is -2.10. The van der Waals surface area contributed by atoms with Crippen molar-refractivity contribution < 1.29 is 4.79 Å². The summed E-state index contributed by atoms with van der Waals surface area (Å²) in [6.45, 7) is 4.64. The second-order valence-electron chi connectivity index (χ2n) is 5.69. The predicted molar refractivity (Wildman–Crippen MR) is 101 cm³/mol. The molecule has 0 aliphatic carbocycles. The average Bonchev–Trinajstić information content (AvgIpc) is 2.94. The molecule has 1 aromatic carbocycles. The Hall–Kier alpha value is -1.79. The van der Waals surface area contributed by atoms with Crippen LogP contribution < -0.4 is 5.32 Å². The van der Waals surface area contributed by atoms with Crippen LogP contribution in [-0.2, 0) is 6.54 Å². The molecule has 24 heavy (non-hydrogen) atoms. The number of nitrogens with zero attached hydrogens (tertiary/aromatic N) is 2. The highest BCUT2D eigenvalue weighted by Gasteiger charge is 2.13. The Labute approximate surface area is 153 Å². The van der Waals surface area contributed by atoms with Crippen molar-refractivity contribution in [1.82, 2.24) is 14.7 Å². The molecule has 0 fully saturated rings. The number of halogens is 1. The number of hydrogen-bond donors (Lipinski definition) is 1. The maximum absolute atomic E-state index is 12.5. The van der Waals surface area contributed by atoms with Crippen molar-refractivity contribution in [3.8, 4) is 0 Å². The van der Waals surface area contributed by atoms with Gasteiger partial charge in [0.2, 0.25) is 0 Å². The average molecular weight is 404 g/mol. The molecule has 0 atom stereocenters. The SMILES string of the molecule is CC(C)Sc1ccccc1C(=O)NCc1cn2cc(Br)ccc2n1. The standard InChI is InChI=1S/C18H18BrN3OS/c1-12(2)24-16-6-4-3-5-15(16)18(23)20-9-14-11-22-10-13(19)7-8-17(22)21-14/h3-8,10-12H,9H2,1-2H3,(H,20,23). The first-order valence-electron chi connectivity index (χ1n) is 7.70. The van der Waals surface area contributed by atoms with E-state index in [2.05, 4.69) is 40.1 Å². The molecule has 2 aromatic heterocycles. The Morgan fingerprint density at radius 3 is 2.83 bits per heavy atom. The second-order valence-corrected chi connectivity index (χ2v) is 8.22. The third-order valence-electron chi connectivity index (χ3n) is 3.39. The summed E-state index contributed by atoms with van der Waals surface area (Å²) in [5.41, 5.74) is 2.40. The van der Waals surface area contributed by atoms with Crippen molar-refractivity contribution in [2.75, 3.05) is 0 Å². The third kappa shape index (κ3) is 3.99. The van der Waals surface area contributed by atoms with E-state index in [4.69, 9.17) is 0 Å². The van der Waals surface area contributed by atoms with Gasteiger partial charge in [0.1, 0.15) is 5.65 Å². The molecule has 2 heterocycles. The van der Waals surface area contributed by atoms with Crippen molar-refractivity contribution in [3.05, 3.63) is 64.5 Å². The molecule has 0 aliphatic heterocycles. The monoisotopic (exact) mass is 403 g/mol. The number of fused-ring (bicyclic) bond motifs is 1. The third-order valence-corrected chi connectivity index (χ3v) is 4.94. The zero-order valence-corrected chi connectivity index (χ0v) is 15.9. The van der Waals surface area contributed by atoms with E-state index in [9.17, 15) is 4.79 Å². The lowest BCUT2D eigenvalue weighted by molar-refractivity contribution is 0.0947. The summed E-state index contributed by atoms with van der Waals surface area (Å²) in [7, 11) is 0. The number of pyridine rings is 1. The fourth-order valence-corrected chi connectivity index (χ4v) is 3.68. The molecule has 0 saturated heterocycles. The van der Waals surface area contributed by atoms with Gasteiger partial charge in [0, 0.05) is 27.0 Å². The van der Waals surface area contributed by atoms with E-state index >= 15 is 0 Å². The Morgan fingerprint density at radius 2 is 2.04 bits per heavy atom. The summed E-state index contributed by atoms with van der Waals surface area (Å²) in [6, 6.07) is 11.6. The molecule has 0 aliphatic rings. The van der Waals surface area contributed by atoms with Gasteiger partial charge in [0.05, 0.1) is 17.8 Å². The van der Waals surface area contributed by atoms with Crippen LogP contribution in [-0.4, -0.2) is 20.5 Å². The maximum Gasteiger partial charge on any atom is 0.252 e. The highest BCUT2D eigenvalue weighted by molar-refractivity contribution is 9.10. The quantitative estimate of drug-likeness (QED) is 0.636. The zero-order valence-electron chi connectivity index (χ0n) is 13.5. The van der Waals surface area contributed by atoms with E-state index in [1.54, 1.807) is 11.8 Å². The van der Waals surface area contributed by atoms with Crippen LogP contribution in [0.4, 0.5) is 0 Å². The van der Waals surface area contributed by atoms with Crippen LogP contribution in [0.25, 0.3) is 5.65 Å². The second kappa shape index (κ2) is 7.40. The smallest absolute Gasteiger partial charge is 0.252 e. The van der Waals surface area contributed by atoms with E-state index in [0.29, 0.717) is 17.4 Å². The Balaban J connectivity index is 1.73. The molecule has 1 amide bonds. The number of carbonyl (C=O) groups excluding carboxylic acids is 1. The van der Waals surface area contributed by atoms with Crippen molar-refractivity contribution in [2.45, 2.75) is 30.5 Å². The van der Waals surface area contributed by atoms with E-state index in [1.165, 1.54) is 0 Å². The minimum atomic E-state index is -0.0722. The zero-order chi connectivity index (χ0) is 17.1. The number of rotatable bonds is 5. The van der Waals surface area contributed by atoms with Crippen LogP contribution in [0.1, 0.15) is 29.9 Å². The molecule has 1 N–H and O–H groups in total. The van der Waals surface area contributed by atoms with Crippen LogP contribution in [0.3, 0.4) is 0 Å². The summed E-state index contributed by atoms with van der Waals surface area (Å²) in [5, 5.41) is 3.39. The summed E-state index contributed by atoms with van der Waals surface area (Å²) in [4.78, 5) is 18.0. The topological polar surface area (TPSA) is 46.4 Å². The molecule has 6 heteroatoms. The first-order valence-corrected chi connectivity index (χ1v) is 9.37. The van der Waals surface area contributed by atoms with Gasteiger partial charge in [-0.25, -0.2) is 4.98 Å². The number of aromatic nitrogens is 2. The minimum absolute atomic E-state index is 0.0722. The molecule has 0 saturated carbocycles. The van der Waals surface area contributed by atoms with Gasteiger partial charge >= 0.3 is 0 Å². The van der Waals surface area contributed by atoms with E-state index in [-0.39, 0.29) is 5.91 Å². The highest BCUT2D eigenvalue weighted by Crippen LogP contribution is 2.26. The number of hydrogen-bond acceptors (Lipinski definition) is 3. The molecule has 0 bridgehead atoms. The molecule has 0 radical (unpaired) electrons. The summed E-state index contributed by atoms with van der Waals surface area (Å²) < 4.78 is 2.93. The van der Waals surface area contributed by atoms with Crippen LogP contribution in [0.5, 0.6) is 0 Å². The van der Waals surface area contributed by atoms with Gasteiger partial charge in [0.15, 0.2) is 0 Å². The Morgan fingerprint density at radius 1 is 1.25 bits per heavy atom. The van der Waals surface area contributed by atoms with Crippen LogP contribution in [0.15, 0.2) is 58.2 Å². The number of benzene rings is 1. The van der Waals surface area contributed by atoms with Crippen LogP contribution in [0.2, 0.25) is 0 Å². The lowest BCUT2D eigenvalue weighted by atomic mass is 10.2. The van der Waals surface area contributed by atoms with E-state index in [0.717, 1.165) is 20.7 Å². The fourth-order valence-electron chi connectivity index (χ4n) is 2.38. The normalized spacial score (nSPS) is 11.2. The Kier molecular flexibility index (Phi) is 5.26. The van der Waals surface area contributed by atoms with Crippen molar-refractivity contribution in [2.24, 2.45) is 0 Å². The fraction of sp³-hybridized carbons (Fsp3) is 0.222. The number of amides is 1. The molecule has 4 nitrogen and oxygen atoms in total. The Bertz CT molecular complexity index is 876. The van der Waals surface area contributed by atoms with Crippen molar-refractivity contribution in [3.63, 3.8) is 0 Å². The maximum atomic E-state index is 12.5. The summed E-state index contributed by atoms with van der Waals surface area (Å²) in [5.74, 6) is -0.0722. The molecule has 3 rings (SSSR count). The molecule has 124 valence electrons. The van der Waals surface area contributed by atoms with Crippen molar-refractivity contribution >= 4 is 39.2 Å². The van der Waals surface area contributed by atoms with Crippen LogP contribution >= 0.6 is 27.7 Å². The van der Waals surface area contributed by atoms with Gasteiger partial charge in [-0.1, -0.05) is 26.0 Å². The number of thioether (sulfide) groups is 1. The summed E-state index contributed by atoms with van der Waals surface area (Å²) >= 11 is 5.14. The molecular formula is C18H18BrN3OS. The van der Waals surface area contributed by atoms with Gasteiger partial charge in [-0.15, -0.1) is 11.8 Å². The molecule has 0 unspecified atom stereocenters. The summed E-state index contributed by atoms with van der Waals surface area (Å²) in [6.07, 6.45) is 3.87.